The average Bonchev–Trinajstić information content (AvgIpc) is 2.81. The summed E-state index contributed by atoms with van der Waals surface area (Å²) in [6.07, 6.45) is 13.2. The predicted octanol–water partition coefficient (Wildman–Crippen LogP) is -5.16. The molecule has 0 saturated heterocycles. The van der Waals surface area contributed by atoms with Crippen molar-refractivity contribution in [3.8, 4) is 0 Å². The Hall–Kier alpha value is 0.111. The van der Waals surface area contributed by atoms with Crippen LogP contribution in [0.4, 0.5) is 0 Å². The molecule has 0 fully saturated rings. The molecule has 0 aromatic heterocycles. The molecule has 1 atom stereocenters. The van der Waals surface area contributed by atoms with Gasteiger partial charge < -0.3 is 37.2 Å². The zero-order chi connectivity index (χ0) is 13.1. The van der Waals surface area contributed by atoms with E-state index in [4.69, 9.17) is 0 Å². The Morgan fingerprint density at radius 3 is 2.48 bits per heavy atom. The van der Waals surface area contributed by atoms with Gasteiger partial charge in [-0.25, -0.2) is 0 Å². The van der Waals surface area contributed by atoms with Gasteiger partial charge in [-0.2, -0.15) is 16.6 Å². The van der Waals surface area contributed by atoms with Crippen LogP contribution in [0.2, 0.25) is 5.04 Å². The molecule has 0 nitrogen and oxygen atoms in total. The van der Waals surface area contributed by atoms with Crippen molar-refractivity contribution in [2.45, 2.75) is 31.2 Å². The Kier molecular flexibility index (Phi) is 12.8. The Balaban J connectivity index is 0. The van der Waals surface area contributed by atoms with Gasteiger partial charge in [-0.05, 0) is 17.9 Å². The number of hydrogen-bond donors (Lipinski definition) is 0. The van der Waals surface area contributed by atoms with Gasteiger partial charge in [-0.15, -0.1) is 29.7 Å². The first-order chi connectivity index (χ1) is 9.31. The zero-order valence-corrected chi connectivity index (χ0v) is 18.5. The molecule has 0 amide bonds. The summed E-state index contributed by atoms with van der Waals surface area (Å²) in [5.41, 5.74) is 0. The van der Waals surface area contributed by atoms with Crippen molar-refractivity contribution in [2.24, 2.45) is 0 Å². The quantitative estimate of drug-likeness (QED) is 0.344. The van der Waals surface area contributed by atoms with Crippen molar-refractivity contribution in [3.63, 3.8) is 0 Å². The third-order valence-corrected chi connectivity index (χ3v) is 6.60. The molecule has 122 valence electrons. The molecular formula is C18H21Cl3SiTi. The summed E-state index contributed by atoms with van der Waals surface area (Å²) >= 11 is 0. The second kappa shape index (κ2) is 11.6. The van der Waals surface area contributed by atoms with Gasteiger partial charge in [-0.3, -0.25) is 0 Å². The fourth-order valence-corrected chi connectivity index (χ4v) is 5.89. The maximum atomic E-state index is 2.49. The number of fused-ring (bicyclic) bond motifs is 1. The van der Waals surface area contributed by atoms with E-state index in [9.17, 15) is 0 Å². The molecule has 0 heterocycles. The summed E-state index contributed by atoms with van der Waals surface area (Å²) in [7, 11) is -0.272. The van der Waals surface area contributed by atoms with Crippen molar-refractivity contribution in [1.29, 1.82) is 0 Å². The second-order valence-electron chi connectivity index (χ2n) is 5.77. The van der Waals surface area contributed by atoms with Crippen molar-refractivity contribution in [1.82, 2.24) is 0 Å². The molecule has 1 aliphatic rings. The molecule has 1 unspecified atom stereocenters. The average molecular weight is 420 g/mol. The van der Waals surface area contributed by atoms with Gasteiger partial charge in [0.2, 0.25) is 0 Å². The van der Waals surface area contributed by atoms with Crippen LogP contribution in [0.5, 0.6) is 0 Å². The van der Waals surface area contributed by atoms with Crippen molar-refractivity contribution < 1.29 is 58.9 Å². The van der Waals surface area contributed by atoms with Gasteiger partial charge >= 0.3 is 21.7 Å². The largest absolute Gasteiger partial charge is 4.00 e. The monoisotopic (exact) mass is 418 g/mol. The van der Waals surface area contributed by atoms with Crippen molar-refractivity contribution in [3.05, 3.63) is 60.7 Å². The molecule has 0 spiro atoms. The molecule has 2 aromatic carbocycles. The third kappa shape index (κ3) is 6.16. The van der Waals surface area contributed by atoms with Crippen molar-refractivity contribution in [2.75, 3.05) is 0 Å². The van der Waals surface area contributed by atoms with Gasteiger partial charge in [0.1, 0.15) is 0 Å². The van der Waals surface area contributed by atoms with Gasteiger partial charge in [0.05, 0.1) is 0 Å². The van der Waals surface area contributed by atoms with Crippen LogP contribution in [0.15, 0.2) is 60.7 Å². The van der Waals surface area contributed by atoms with Gasteiger partial charge in [-0.1, -0.05) is 43.7 Å². The maximum absolute atomic E-state index is 2.49. The van der Waals surface area contributed by atoms with Gasteiger partial charge in [0, 0.05) is 9.52 Å². The summed E-state index contributed by atoms with van der Waals surface area (Å²) in [6.45, 7) is 2.31. The normalized spacial score (nSPS) is 18.8. The topological polar surface area (TPSA) is 0 Å². The summed E-state index contributed by atoms with van der Waals surface area (Å²) in [4.78, 5) is 0. The molecule has 23 heavy (non-hydrogen) atoms. The number of rotatable bonds is 4. The Bertz CT molecular complexity index is 603. The van der Waals surface area contributed by atoms with E-state index in [2.05, 4.69) is 67.6 Å². The van der Waals surface area contributed by atoms with Crippen LogP contribution in [0.1, 0.15) is 26.2 Å². The van der Waals surface area contributed by atoms with Crippen LogP contribution in [0.25, 0.3) is 10.8 Å². The fourth-order valence-electron chi connectivity index (χ4n) is 3.34. The minimum absolute atomic E-state index is 0. The molecule has 5 heteroatoms. The summed E-state index contributed by atoms with van der Waals surface area (Å²) < 4.78 is 0. The minimum atomic E-state index is -0.272. The van der Waals surface area contributed by atoms with Crippen LogP contribution in [-0.4, -0.2) is 9.52 Å². The molecule has 1 aliphatic carbocycles. The van der Waals surface area contributed by atoms with E-state index in [0.29, 0.717) is 5.04 Å². The number of hydrogen-bond acceptors (Lipinski definition) is 0. The van der Waals surface area contributed by atoms with Gasteiger partial charge in [0.25, 0.3) is 0 Å². The van der Waals surface area contributed by atoms with Crippen LogP contribution in [0, 0.1) is 0 Å². The molecule has 0 radical (unpaired) electrons. The third-order valence-electron chi connectivity index (χ3n) is 4.20. The van der Waals surface area contributed by atoms with Crippen LogP contribution >= 0.6 is 0 Å². The molecule has 2 aromatic rings. The first kappa shape index (κ1) is 25.4. The van der Waals surface area contributed by atoms with Crippen LogP contribution < -0.4 is 42.4 Å². The Morgan fingerprint density at radius 1 is 1.13 bits per heavy atom. The standard InChI is InChI=1S/C18H21Si.3ClH.Ti/c1-2-10-18(11-6-3-7-12-18)19-17-13-15-8-4-5-9-16(15)14-17;;;;/h3-9,11,13-14H,2,10,12,19H2,1H3;3*1H;/q-1;;;;+4/p-3. The van der Waals surface area contributed by atoms with Crippen molar-refractivity contribution >= 4 is 25.5 Å². The first-order valence-corrected chi connectivity index (χ1v) is 8.71. The van der Waals surface area contributed by atoms with E-state index < -0.39 is 0 Å². The Morgan fingerprint density at radius 2 is 1.87 bits per heavy atom. The zero-order valence-electron chi connectivity index (χ0n) is 13.2. The molecule has 3 rings (SSSR count). The number of benzene rings is 1. The summed E-state index contributed by atoms with van der Waals surface area (Å²) in [6, 6.07) is 13.6. The smallest absolute Gasteiger partial charge is 1.00 e. The molecule has 0 saturated carbocycles. The van der Waals surface area contributed by atoms with E-state index in [1.54, 1.807) is 5.19 Å². The van der Waals surface area contributed by atoms with E-state index in [0.717, 1.165) is 0 Å². The first-order valence-electron chi connectivity index (χ1n) is 7.30. The second-order valence-corrected chi connectivity index (χ2v) is 8.35. The summed E-state index contributed by atoms with van der Waals surface area (Å²) in [5, 5.41) is 4.92. The predicted molar refractivity (Wildman–Crippen MR) is 88.2 cm³/mol. The van der Waals surface area contributed by atoms with Gasteiger partial charge in [0.15, 0.2) is 0 Å². The van der Waals surface area contributed by atoms with Crippen LogP contribution in [0.3, 0.4) is 0 Å². The summed E-state index contributed by atoms with van der Waals surface area (Å²) in [5.74, 6) is 0. The molecule has 0 aliphatic heterocycles. The fraction of sp³-hybridized carbons (Fsp3) is 0.278. The molecular weight excluding hydrogens is 399 g/mol. The SMILES string of the molecule is CCCC1([SiH2]c2cc3ccccc3[cH-]2)C=CC=CC1.[Cl-].[Cl-].[Cl-].[Ti+4]. The van der Waals surface area contributed by atoms with E-state index in [1.165, 1.54) is 30.0 Å². The van der Waals surface area contributed by atoms with Crippen LogP contribution in [-0.2, 0) is 21.7 Å². The number of allylic oxidation sites excluding steroid dienone is 4. The molecule has 0 bridgehead atoms. The van der Waals surface area contributed by atoms with E-state index in [-0.39, 0.29) is 68.5 Å². The minimum Gasteiger partial charge on any atom is -1.00 e. The number of halogens is 3. The Labute approximate surface area is 175 Å². The maximum Gasteiger partial charge on any atom is 4.00 e. The molecule has 0 N–H and O–H groups in total. The van der Waals surface area contributed by atoms with E-state index >= 15 is 0 Å². The van der Waals surface area contributed by atoms with E-state index in [1.807, 2.05) is 0 Å².